The zero-order valence-corrected chi connectivity index (χ0v) is 21.5. The molecule has 1 fully saturated rings. The van der Waals surface area contributed by atoms with Gasteiger partial charge in [0.05, 0.1) is 17.9 Å². The summed E-state index contributed by atoms with van der Waals surface area (Å²) < 4.78 is 0. The van der Waals surface area contributed by atoms with Crippen LogP contribution in [0.25, 0.3) is 0 Å². The van der Waals surface area contributed by atoms with Crippen molar-refractivity contribution in [2.45, 2.75) is 31.7 Å². The van der Waals surface area contributed by atoms with Crippen LogP contribution < -0.4 is 27.2 Å². The van der Waals surface area contributed by atoms with Gasteiger partial charge in [-0.3, -0.25) is 9.80 Å². The van der Waals surface area contributed by atoms with Gasteiger partial charge in [0.15, 0.2) is 0 Å². The number of amides is 1. The summed E-state index contributed by atoms with van der Waals surface area (Å²) in [5, 5.41) is 8.34. The van der Waals surface area contributed by atoms with E-state index in [4.69, 9.17) is 23.2 Å². The summed E-state index contributed by atoms with van der Waals surface area (Å²) in [5.74, 6) is 8.14. The first-order valence-electron chi connectivity index (χ1n) is 12.5. The van der Waals surface area contributed by atoms with Crippen LogP contribution in [0.5, 0.6) is 0 Å². The molecule has 1 saturated carbocycles. The first-order valence-corrected chi connectivity index (χ1v) is 12.8. The van der Waals surface area contributed by atoms with Crippen LogP contribution in [0.2, 0.25) is 5.02 Å². The van der Waals surface area contributed by atoms with Crippen LogP contribution in [-0.2, 0) is 13.0 Å². The van der Waals surface area contributed by atoms with E-state index in [0.717, 1.165) is 36.2 Å². The van der Waals surface area contributed by atoms with Crippen LogP contribution in [0, 0.1) is 0 Å². The lowest BCUT2D eigenvalue weighted by Gasteiger charge is -2.18. The molecule has 0 radical (unpaired) electrons. The second-order valence-corrected chi connectivity index (χ2v) is 9.70. The largest absolute Gasteiger partial charge is 0.397 e. The van der Waals surface area contributed by atoms with E-state index in [2.05, 4.69) is 25.6 Å². The van der Waals surface area contributed by atoms with Crippen molar-refractivity contribution in [3.05, 3.63) is 100 Å². The number of carbonyl (C=O) groups excluding carboxylic acids is 1. The first-order chi connectivity index (χ1) is 18.4. The number of hydrogen-bond donors (Lipinski definition) is 4. The lowest BCUT2D eigenvalue weighted by Crippen LogP contribution is -2.32. The molecular formula is C28H29ClN8O. The number of nitrogens with one attached hydrogen (secondary N) is 2. The maximum absolute atomic E-state index is 12.6. The van der Waals surface area contributed by atoms with Crippen LogP contribution in [0.3, 0.4) is 0 Å². The number of nitrogens with zero attached hydrogens (tertiary/aromatic N) is 4. The average molecular weight is 529 g/mol. The second-order valence-electron chi connectivity index (χ2n) is 9.26. The fourth-order valence-corrected chi connectivity index (χ4v) is 4.17. The average Bonchev–Trinajstić information content (AvgIpc) is 3.76. The Bertz CT molecular complexity index is 1420. The van der Waals surface area contributed by atoms with E-state index in [1.807, 2.05) is 48.5 Å². The third kappa shape index (κ3) is 6.56. The molecule has 0 bridgehead atoms. The van der Waals surface area contributed by atoms with Crippen molar-refractivity contribution in [3.63, 3.8) is 0 Å². The van der Waals surface area contributed by atoms with Crippen molar-refractivity contribution in [1.82, 2.24) is 15.0 Å². The highest BCUT2D eigenvalue weighted by Gasteiger charge is 2.28. The molecule has 9 nitrogen and oxygen atoms in total. The van der Waals surface area contributed by atoms with Crippen molar-refractivity contribution < 1.29 is 4.79 Å². The predicted octanol–water partition coefficient (Wildman–Crippen LogP) is 4.77. The summed E-state index contributed by atoms with van der Waals surface area (Å²) in [5.41, 5.74) is 9.57. The van der Waals surface area contributed by atoms with E-state index in [1.165, 1.54) is 5.01 Å². The number of nitrogen functional groups attached to an aromatic ring is 1. The van der Waals surface area contributed by atoms with Gasteiger partial charge in [-0.2, -0.15) is 15.0 Å². The van der Waals surface area contributed by atoms with E-state index in [1.54, 1.807) is 24.3 Å². The van der Waals surface area contributed by atoms with Crippen LogP contribution >= 0.6 is 11.6 Å². The number of nitrogens with two attached hydrogens (primary N) is 2. The number of halogens is 1. The second kappa shape index (κ2) is 11.5. The third-order valence-corrected chi connectivity index (χ3v) is 6.44. The zero-order valence-electron chi connectivity index (χ0n) is 20.8. The highest BCUT2D eigenvalue weighted by atomic mass is 35.5. The maximum atomic E-state index is 12.6. The van der Waals surface area contributed by atoms with Crippen LogP contribution in [0.1, 0.15) is 46.1 Å². The highest BCUT2D eigenvalue weighted by molar-refractivity contribution is 6.30. The molecule has 194 valence electrons. The molecule has 0 atom stereocenters. The summed E-state index contributed by atoms with van der Waals surface area (Å²) in [6, 6.07) is 22.1. The number of rotatable bonds is 10. The number of aromatic nitrogens is 3. The van der Waals surface area contributed by atoms with Gasteiger partial charge < -0.3 is 16.4 Å². The number of para-hydroxylation sites is 2. The van der Waals surface area contributed by atoms with Gasteiger partial charge in [0, 0.05) is 23.0 Å². The minimum absolute atomic E-state index is 0.237. The fraction of sp³-hybridized carbons (Fsp3) is 0.214. The molecule has 0 aliphatic heterocycles. The Morgan fingerprint density at radius 1 is 0.974 bits per heavy atom. The number of carbonyl (C=O) groups is 1. The van der Waals surface area contributed by atoms with Crippen molar-refractivity contribution in [1.29, 1.82) is 0 Å². The van der Waals surface area contributed by atoms with E-state index < -0.39 is 0 Å². The van der Waals surface area contributed by atoms with Crippen molar-refractivity contribution >= 4 is 40.8 Å². The lowest BCUT2D eigenvalue weighted by molar-refractivity contribution is 0.102. The maximum Gasteiger partial charge on any atom is 0.255 e. The topological polar surface area (TPSA) is 135 Å². The van der Waals surface area contributed by atoms with Gasteiger partial charge in [-0.05, 0) is 66.8 Å². The summed E-state index contributed by atoms with van der Waals surface area (Å²) in [7, 11) is 0. The Balaban J connectivity index is 1.23. The van der Waals surface area contributed by atoms with Crippen molar-refractivity contribution in [2.75, 3.05) is 27.9 Å². The first kappa shape index (κ1) is 25.4. The number of hydrogen-bond acceptors (Lipinski definition) is 8. The third-order valence-electron chi connectivity index (χ3n) is 6.20. The monoisotopic (exact) mass is 528 g/mol. The van der Waals surface area contributed by atoms with Gasteiger partial charge in [0.1, 0.15) is 5.82 Å². The predicted molar refractivity (Wildman–Crippen MR) is 151 cm³/mol. The Hall–Kier alpha value is -4.21. The summed E-state index contributed by atoms with van der Waals surface area (Å²) in [4.78, 5) is 26.4. The molecule has 10 heteroatoms. The molecule has 4 aromatic rings. The Morgan fingerprint density at radius 2 is 1.76 bits per heavy atom. The van der Waals surface area contributed by atoms with Crippen molar-refractivity contribution in [2.24, 2.45) is 5.84 Å². The molecule has 1 heterocycles. The van der Waals surface area contributed by atoms with Crippen LogP contribution in [0.15, 0.2) is 72.8 Å². The Labute approximate surface area is 226 Å². The summed E-state index contributed by atoms with van der Waals surface area (Å²) >= 11 is 6.09. The quantitative estimate of drug-likeness (QED) is 0.131. The molecular weight excluding hydrogens is 500 g/mol. The van der Waals surface area contributed by atoms with Crippen LogP contribution in [0.4, 0.5) is 23.3 Å². The smallest absolute Gasteiger partial charge is 0.255 e. The molecule has 1 aliphatic rings. The molecule has 38 heavy (non-hydrogen) atoms. The van der Waals surface area contributed by atoms with Gasteiger partial charge in [0.25, 0.3) is 5.91 Å². The standard InChI is InChI=1S/C28H29ClN8O/c29-22-5-3-4-18(16-22)14-15-32-27-34-25(20-12-13-20)35-28(36-27)37(31)17-19-8-10-21(11-9-19)26(38)33-24-7-2-1-6-23(24)30/h1-11,16,20H,12-15,17,30-31H2,(H,33,38)(H,32,34,35,36). The summed E-state index contributed by atoms with van der Waals surface area (Å²) in [6.45, 7) is 1.01. The number of anilines is 4. The van der Waals surface area contributed by atoms with E-state index in [0.29, 0.717) is 52.9 Å². The molecule has 1 amide bonds. The highest BCUT2D eigenvalue weighted by Crippen LogP contribution is 2.38. The molecule has 1 aromatic heterocycles. The van der Waals surface area contributed by atoms with Gasteiger partial charge >= 0.3 is 0 Å². The van der Waals surface area contributed by atoms with Crippen molar-refractivity contribution in [3.8, 4) is 0 Å². The number of hydrazine groups is 1. The van der Waals surface area contributed by atoms with Crippen LogP contribution in [-0.4, -0.2) is 27.4 Å². The molecule has 6 N–H and O–H groups in total. The minimum Gasteiger partial charge on any atom is -0.397 e. The number of benzene rings is 3. The minimum atomic E-state index is -0.237. The molecule has 0 unspecified atom stereocenters. The fourth-order valence-electron chi connectivity index (χ4n) is 3.96. The van der Waals surface area contributed by atoms with E-state index in [9.17, 15) is 4.79 Å². The molecule has 0 saturated heterocycles. The van der Waals surface area contributed by atoms with Gasteiger partial charge in [-0.15, -0.1) is 0 Å². The molecule has 0 spiro atoms. The normalized spacial score (nSPS) is 12.7. The lowest BCUT2D eigenvalue weighted by atomic mass is 10.1. The molecule has 1 aliphatic carbocycles. The SMILES string of the molecule is Nc1ccccc1NC(=O)c1ccc(CN(N)c2nc(NCCc3cccc(Cl)c3)nc(C3CC3)n2)cc1. The zero-order chi connectivity index (χ0) is 26.5. The van der Waals surface area contributed by atoms with E-state index >= 15 is 0 Å². The Morgan fingerprint density at radius 3 is 2.50 bits per heavy atom. The van der Waals surface area contributed by atoms with Gasteiger partial charge in [-0.25, -0.2) is 5.84 Å². The summed E-state index contributed by atoms with van der Waals surface area (Å²) in [6.07, 6.45) is 2.91. The molecule has 3 aromatic carbocycles. The molecule has 5 rings (SSSR count). The van der Waals surface area contributed by atoms with Gasteiger partial charge in [0.2, 0.25) is 11.9 Å². The van der Waals surface area contributed by atoms with E-state index in [-0.39, 0.29) is 5.91 Å². The van der Waals surface area contributed by atoms with Gasteiger partial charge in [-0.1, -0.05) is 48.0 Å². The Kier molecular flexibility index (Phi) is 7.67.